The summed E-state index contributed by atoms with van der Waals surface area (Å²) in [6.45, 7) is 4.10. The summed E-state index contributed by atoms with van der Waals surface area (Å²) in [6.07, 6.45) is 0.937. The van der Waals surface area contributed by atoms with Gasteiger partial charge in [0.1, 0.15) is 10.9 Å². The van der Waals surface area contributed by atoms with Gasteiger partial charge in [0.15, 0.2) is 0 Å². The summed E-state index contributed by atoms with van der Waals surface area (Å²) < 4.78 is 5.16. The van der Waals surface area contributed by atoms with Gasteiger partial charge in [-0.2, -0.15) is 0 Å². The zero-order chi connectivity index (χ0) is 14.5. The predicted octanol–water partition coefficient (Wildman–Crippen LogP) is 4.10. The molecule has 4 heteroatoms. The predicted molar refractivity (Wildman–Crippen MR) is 83.8 cm³/mol. The molecule has 2 aromatic rings. The van der Waals surface area contributed by atoms with Gasteiger partial charge in [0.2, 0.25) is 0 Å². The van der Waals surface area contributed by atoms with E-state index in [9.17, 15) is 0 Å². The van der Waals surface area contributed by atoms with Crippen molar-refractivity contribution in [1.29, 1.82) is 0 Å². The van der Waals surface area contributed by atoms with Crippen LogP contribution in [0.2, 0.25) is 5.15 Å². The van der Waals surface area contributed by atoms with Crippen molar-refractivity contribution >= 4 is 17.3 Å². The number of anilines is 1. The average molecular weight is 291 g/mol. The Morgan fingerprint density at radius 3 is 2.50 bits per heavy atom. The zero-order valence-electron chi connectivity index (χ0n) is 12.0. The van der Waals surface area contributed by atoms with Crippen molar-refractivity contribution in [3.63, 3.8) is 0 Å². The largest absolute Gasteiger partial charge is 0.497 e. The van der Waals surface area contributed by atoms with E-state index in [4.69, 9.17) is 16.3 Å². The van der Waals surface area contributed by atoms with Gasteiger partial charge in [0.25, 0.3) is 0 Å². The van der Waals surface area contributed by atoms with Gasteiger partial charge in [-0.1, -0.05) is 23.7 Å². The second kappa shape index (κ2) is 6.62. The Morgan fingerprint density at radius 1 is 1.20 bits per heavy atom. The van der Waals surface area contributed by atoms with Crippen LogP contribution in [0.5, 0.6) is 5.75 Å². The summed E-state index contributed by atoms with van der Waals surface area (Å²) in [5.74, 6) is 0.882. The van der Waals surface area contributed by atoms with Crippen LogP contribution in [0.3, 0.4) is 0 Å². The highest BCUT2D eigenvalue weighted by molar-refractivity contribution is 6.29. The van der Waals surface area contributed by atoms with Crippen LogP contribution in [0.4, 0.5) is 5.69 Å². The van der Waals surface area contributed by atoms with Gasteiger partial charge in [0, 0.05) is 6.04 Å². The smallest absolute Gasteiger partial charge is 0.129 e. The second-order valence-corrected chi connectivity index (χ2v) is 5.25. The van der Waals surface area contributed by atoms with Crippen LogP contribution in [0, 0.1) is 6.92 Å². The van der Waals surface area contributed by atoms with Gasteiger partial charge in [-0.3, -0.25) is 0 Å². The molecule has 0 amide bonds. The third kappa shape index (κ3) is 3.87. The molecule has 1 heterocycles. The Bertz CT molecular complexity index is 569. The van der Waals surface area contributed by atoms with E-state index < -0.39 is 0 Å². The Kier molecular flexibility index (Phi) is 4.85. The van der Waals surface area contributed by atoms with E-state index in [0.29, 0.717) is 11.2 Å². The third-order valence-corrected chi connectivity index (χ3v) is 3.37. The molecule has 1 aromatic heterocycles. The van der Waals surface area contributed by atoms with E-state index in [0.717, 1.165) is 23.6 Å². The number of nitrogens with one attached hydrogen (secondary N) is 1. The number of benzene rings is 1. The van der Waals surface area contributed by atoms with E-state index in [2.05, 4.69) is 29.4 Å². The molecule has 0 spiro atoms. The highest BCUT2D eigenvalue weighted by Crippen LogP contribution is 2.18. The summed E-state index contributed by atoms with van der Waals surface area (Å²) in [6, 6.07) is 12.2. The summed E-state index contributed by atoms with van der Waals surface area (Å²) >= 11 is 5.86. The molecule has 0 saturated carbocycles. The van der Waals surface area contributed by atoms with Gasteiger partial charge < -0.3 is 10.1 Å². The molecule has 0 aliphatic heterocycles. The number of methoxy groups -OCH3 is 1. The maximum Gasteiger partial charge on any atom is 0.129 e. The highest BCUT2D eigenvalue weighted by atomic mass is 35.5. The molecule has 0 aliphatic rings. The van der Waals surface area contributed by atoms with E-state index in [1.54, 1.807) is 13.2 Å². The van der Waals surface area contributed by atoms with Crippen LogP contribution in [-0.2, 0) is 6.42 Å². The number of ether oxygens (including phenoxy) is 1. The number of rotatable bonds is 5. The molecule has 106 valence electrons. The lowest BCUT2D eigenvalue weighted by Crippen LogP contribution is -2.18. The van der Waals surface area contributed by atoms with Crippen LogP contribution >= 0.6 is 11.6 Å². The SMILES string of the molecule is COc1ccc(CC(C)Nc2ccc(Cl)nc2C)cc1. The maximum absolute atomic E-state index is 5.86. The Hall–Kier alpha value is -1.74. The molecule has 0 saturated heterocycles. The molecular weight excluding hydrogens is 272 g/mol. The molecule has 0 radical (unpaired) electrons. The first-order valence-corrected chi connectivity index (χ1v) is 6.99. The molecule has 1 unspecified atom stereocenters. The third-order valence-electron chi connectivity index (χ3n) is 3.15. The number of pyridine rings is 1. The quantitative estimate of drug-likeness (QED) is 0.842. The zero-order valence-corrected chi connectivity index (χ0v) is 12.7. The Morgan fingerprint density at radius 2 is 1.90 bits per heavy atom. The highest BCUT2D eigenvalue weighted by Gasteiger charge is 2.07. The van der Waals surface area contributed by atoms with Crippen molar-refractivity contribution in [1.82, 2.24) is 4.98 Å². The fourth-order valence-corrected chi connectivity index (χ4v) is 2.30. The minimum Gasteiger partial charge on any atom is -0.497 e. The first-order valence-electron chi connectivity index (χ1n) is 6.61. The van der Waals surface area contributed by atoms with Gasteiger partial charge in [0.05, 0.1) is 18.5 Å². The van der Waals surface area contributed by atoms with E-state index in [1.807, 2.05) is 25.1 Å². The van der Waals surface area contributed by atoms with Crippen LogP contribution in [0.25, 0.3) is 0 Å². The molecule has 2 rings (SSSR count). The Balaban J connectivity index is 1.99. The standard InChI is InChI=1S/C16H19ClN2O/c1-11(10-13-4-6-14(20-3)7-5-13)18-15-8-9-16(17)19-12(15)2/h4-9,11,18H,10H2,1-3H3. The van der Waals surface area contributed by atoms with E-state index >= 15 is 0 Å². The van der Waals surface area contributed by atoms with Crippen molar-refractivity contribution in [3.8, 4) is 5.75 Å². The van der Waals surface area contributed by atoms with Crippen LogP contribution < -0.4 is 10.1 Å². The second-order valence-electron chi connectivity index (χ2n) is 4.86. The number of halogens is 1. The monoisotopic (exact) mass is 290 g/mol. The van der Waals surface area contributed by atoms with E-state index in [-0.39, 0.29) is 0 Å². The minimum atomic E-state index is 0.310. The van der Waals surface area contributed by atoms with Crippen LogP contribution in [0.15, 0.2) is 36.4 Å². The summed E-state index contributed by atoms with van der Waals surface area (Å²) in [5, 5.41) is 3.99. The normalized spacial score (nSPS) is 12.0. The molecule has 1 N–H and O–H groups in total. The fourth-order valence-electron chi connectivity index (χ4n) is 2.11. The van der Waals surface area contributed by atoms with Gasteiger partial charge in [-0.05, 0) is 50.1 Å². The topological polar surface area (TPSA) is 34.1 Å². The molecule has 0 bridgehead atoms. The summed E-state index contributed by atoms with van der Waals surface area (Å²) in [4.78, 5) is 4.24. The molecule has 0 fully saturated rings. The van der Waals surface area contributed by atoms with Gasteiger partial charge in [-0.15, -0.1) is 0 Å². The molecule has 1 aromatic carbocycles. The number of hydrogen-bond donors (Lipinski definition) is 1. The van der Waals surface area contributed by atoms with Crippen molar-refractivity contribution in [3.05, 3.63) is 52.8 Å². The lowest BCUT2D eigenvalue weighted by Gasteiger charge is -2.17. The van der Waals surface area contributed by atoms with Crippen molar-refractivity contribution in [2.75, 3.05) is 12.4 Å². The number of nitrogens with zero attached hydrogens (tertiary/aromatic N) is 1. The van der Waals surface area contributed by atoms with Crippen molar-refractivity contribution < 1.29 is 4.74 Å². The lowest BCUT2D eigenvalue weighted by molar-refractivity contribution is 0.414. The average Bonchev–Trinajstić information content (AvgIpc) is 2.43. The van der Waals surface area contributed by atoms with Gasteiger partial charge >= 0.3 is 0 Å². The van der Waals surface area contributed by atoms with Crippen molar-refractivity contribution in [2.24, 2.45) is 0 Å². The Labute approximate surface area is 124 Å². The molecule has 1 atom stereocenters. The molecular formula is C16H19ClN2O. The first-order chi connectivity index (χ1) is 9.58. The van der Waals surface area contributed by atoms with Crippen LogP contribution in [0.1, 0.15) is 18.2 Å². The molecule has 3 nitrogen and oxygen atoms in total. The number of aryl methyl sites for hydroxylation is 1. The van der Waals surface area contributed by atoms with Crippen molar-refractivity contribution in [2.45, 2.75) is 26.3 Å². The summed E-state index contributed by atoms with van der Waals surface area (Å²) in [7, 11) is 1.68. The fraction of sp³-hybridized carbons (Fsp3) is 0.312. The van der Waals surface area contributed by atoms with Gasteiger partial charge in [-0.25, -0.2) is 4.98 Å². The number of aromatic nitrogens is 1. The van der Waals surface area contributed by atoms with E-state index in [1.165, 1.54) is 5.56 Å². The number of hydrogen-bond acceptors (Lipinski definition) is 3. The minimum absolute atomic E-state index is 0.310. The lowest BCUT2D eigenvalue weighted by atomic mass is 10.1. The molecule has 20 heavy (non-hydrogen) atoms. The van der Waals surface area contributed by atoms with Crippen LogP contribution in [-0.4, -0.2) is 18.1 Å². The summed E-state index contributed by atoms with van der Waals surface area (Å²) in [5.41, 5.74) is 3.21. The first kappa shape index (κ1) is 14.7. The maximum atomic E-state index is 5.86. The molecule has 0 aliphatic carbocycles.